The number of imidazole rings is 1. The van der Waals surface area contributed by atoms with Crippen LogP contribution in [0.2, 0.25) is 0 Å². The van der Waals surface area contributed by atoms with E-state index < -0.39 is 30.5 Å². The van der Waals surface area contributed by atoms with E-state index in [9.17, 15) is 15.5 Å². The van der Waals surface area contributed by atoms with Gasteiger partial charge in [-0.15, -0.1) is 0 Å². The molecule has 9 heteroatoms. The highest BCUT2D eigenvalue weighted by molar-refractivity contribution is 5.81. The first-order chi connectivity index (χ1) is 10.0. The van der Waals surface area contributed by atoms with E-state index in [1.807, 2.05) is 0 Å². The van der Waals surface area contributed by atoms with Gasteiger partial charge in [-0.3, -0.25) is 4.57 Å². The van der Waals surface area contributed by atoms with Gasteiger partial charge in [0, 0.05) is 0 Å². The standard InChI is InChI=1S/C12H14N6O3/c1-12(3-13)8(20)6(2-19)21-11(12)18-5-17-7-9(14)15-4-16-10(7)18/h4-6,8,11,19-20H,2H2,1H3,(H2,14,15,16). The molecule has 110 valence electrons. The Morgan fingerprint density at radius 1 is 1.52 bits per heavy atom. The lowest BCUT2D eigenvalue weighted by atomic mass is 9.84. The second-order valence-corrected chi connectivity index (χ2v) is 5.13. The normalized spacial score (nSPS) is 32.4. The first-order valence-electron chi connectivity index (χ1n) is 6.31. The number of nitrogen functional groups attached to an aromatic ring is 1. The maximum absolute atomic E-state index is 10.2. The van der Waals surface area contributed by atoms with Gasteiger partial charge >= 0.3 is 0 Å². The summed E-state index contributed by atoms with van der Waals surface area (Å²) in [6, 6.07) is 2.06. The smallest absolute Gasteiger partial charge is 0.167 e. The largest absolute Gasteiger partial charge is 0.394 e. The van der Waals surface area contributed by atoms with Crippen molar-refractivity contribution in [2.45, 2.75) is 25.4 Å². The van der Waals surface area contributed by atoms with E-state index in [4.69, 9.17) is 10.5 Å². The molecule has 1 aliphatic heterocycles. The molecule has 4 atom stereocenters. The van der Waals surface area contributed by atoms with Crippen LogP contribution < -0.4 is 5.73 Å². The Morgan fingerprint density at radius 2 is 2.29 bits per heavy atom. The van der Waals surface area contributed by atoms with Crippen LogP contribution >= 0.6 is 0 Å². The van der Waals surface area contributed by atoms with Gasteiger partial charge in [0.2, 0.25) is 0 Å². The molecule has 9 nitrogen and oxygen atoms in total. The van der Waals surface area contributed by atoms with Crippen molar-refractivity contribution < 1.29 is 14.9 Å². The number of nitrogens with two attached hydrogens (primary N) is 1. The Morgan fingerprint density at radius 3 is 2.95 bits per heavy atom. The zero-order chi connectivity index (χ0) is 15.2. The number of ether oxygens (including phenoxy) is 1. The highest BCUT2D eigenvalue weighted by atomic mass is 16.5. The van der Waals surface area contributed by atoms with Gasteiger partial charge in [0.1, 0.15) is 29.5 Å². The number of aliphatic hydroxyl groups excluding tert-OH is 2. The summed E-state index contributed by atoms with van der Waals surface area (Å²) in [6.45, 7) is 1.17. The Balaban J connectivity index is 2.14. The van der Waals surface area contributed by atoms with Crippen molar-refractivity contribution in [3.63, 3.8) is 0 Å². The molecule has 0 saturated carbocycles. The topological polar surface area (TPSA) is 143 Å². The molecule has 1 fully saturated rings. The minimum atomic E-state index is -1.25. The van der Waals surface area contributed by atoms with Gasteiger partial charge in [0.15, 0.2) is 17.7 Å². The number of hydrogen-bond donors (Lipinski definition) is 3. The number of aliphatic hydroxyl groups is 2. The van der Waals surface area contributed by atoms with Gasteiger partial charge in [0.25, 0.3) is 0 Å². The van der Waals surface area contributed by atoms with Gasteiger partial charge in [0.05, 0.1) is 19.0 Å². The van der Waals surface area contributed by atoms with Crippen LogP contribution in [0.1, 0.15) is 13.2 Å². The van der Waals surface area contributed by atoms with Crippen molar-refractivity contribution in [1.29, 1.82) is 5.26 Å². The number of nitrogens with zero attached hydrogens (tertiary/aromatic N) is 5. The highest BCUT2D eigenvalue weighted by Crippen LogP contribution is 2.45. The Labute approximate surface area is 119 Å². The third-order valence-electron chi connectivity index (χ3n) is 3.84. The average Bonchev–Trinajstić information content (AvgIpc) is 3.01. The maximum Gasteiger partial charge on any atom is 0.167 e. The average molecular weight is 290 g/mol. The van der Waals surface area contributed by atoms with E-state index >= 15 is 0 Å². The van der Waals surface area contributed by atoms with Gasteiger partial charge in [-0.05, 0) is 6.92 Å². The molecule has 0 aromatic carbocycles. The van der Waals surface area contributed by atoms with Crippen LogP contribution in [0.4, 0.5) is 5.82 Å². The highest BCUT2D eigenvalue weighted by Gasteiger charge is 2.54. The molecule has 1 aliphatic rings. The molecule has 4 N–H and O–H groups in total. The van der Waals surface area contributed by atoms with Crippen LogP contribution in [-0.4, -0.2) is 48.5 Å². The fourth-order valence-corrected chi connectivity index (χ4v) is 2.57. The second-order valence-electron chi connectivity index (χ2n) is 5.13. The van der Waals surface area contributed by atoms with Crippen molar-refractivity contribution in [1.82, 2.24) is 19.5 Å². The molecule has 3 heterocycles. The van der Waals surface area contributed by atoms with Gasteiger partial charge in [-0.1, -0.05) is 0 Å². The molecule has 3 rings (SSSR count). The Bertz CT molecular complexity index is 725. The lowest BCUT2D eigenvalue weighted by Gasteiger charge is -2.25. The predicted octanol–water partition coefficient (Wildman–Crippen LogP) is -0.811. The van der Waals surface area contributed by atoms with E-state index in [0.717, 1.165) is 0 Å². The zero-order valence-corrected chi connectivity index (χ0v) is 11.2. The molecule has 0 radical (unpaired) electrons. The zero-order valence-electron chi connectivity index (χ0n) is 11.2. The predicted molar refractivity (Wildman–Crippen MR) is 70.5 cm³/mol. The molecule has 4 unspecified atom stereocenters. The summed E-state index contributed by atoms with van der Waals surface area (Å²) in [4.78, 5) is 12.1. The van der Waals surface area contributed by atoms with E-state index in [2.05, 4.69) is 21.0 Å². The molecule has 2 aromatic heterocycles. The summed E-state index contributed by atoms with van der Waals surface area (Å²) in [6.07, 6.45) is -0.101. The van der Waals surface area contributed by atoms with Crippen LogP contribution in [0, 0.1) is 16.7 Å². The van der Waals surface area contributed by atoms with E-state index in [0.29, 0.717) is 11.2 Å². The Kier molecular flexibility index (Phi) is 3.02. The number of aromatic nitrogens is 4. The summed E-state index contributed by atoms with van der Waals surface area (Å²) in [7, 11) is 0. The summed E-state index contributed by atoms with van der Waals surface area (Å²) < 4.78 is 7.14. The first kappa shape index (κ1) is 13.7. The van der Waals surface area contributed by atoms with Crippen molar-refractivity contribution in [2.75, 3.05) is 12.3 Å². The summed E-state index contributed by atoms with van der Waals surface area (Å²) in [5.74, 6) is 0.217. The molecule has 0 bridgehead atoms. The molecule has 0 aliphatic carbocycles. The van der Waals surface area contributed by atoms with E-state index in [-0.39, 0.29) is 5.82 Å². The molecule has 21 heavy (non-hydrogen) atoms. The van der Waals surface area contributed by atoms with Crippen LogP contribution in [-0.2, 0) is 4.74 Å². The minimum absolute atomic E-state index is 0.217. The number of fused-ring (bicyclic) bond motifs is 1. The SMILES string of the molecule is CC1(C#N)C(O)C(CO)OC1n1cnc2c(N)ncnc21. The molecule has 2 aromatic rings. The molecule has 1 saturated heterocycles. The molecule has 0 spiro atoms. The Hall–Kier alpha value is -2.28. The molecular weight excluding hydrogens is 276 g/mol. The fourth-order valence-electron chi connectivity index (χ4n) is 2.57. The van der Waals surface area contributed by atoms with Crippen molar-refractivity contribution >= 4 is 17.0 Å². The molecular formula is C12H14N6O3. The van der Waals surface area contributed by atoms with Gasteiger partial charge in [-0.25, -0.2) is 15.0 Å². The third kappa shape index (κ3) is 1.77. The van der Waals surface area contributed by atoms with Gasteiger partial charge < -0.3 is 20.7 Å². The number of nitriles is 1. The van der Waals surface area contributed by atoms with Crippen molar-refractivity contribution in [2.24, 2.45) is 5.41 Å². The van der Waals surface area contributed by atoms with Crippen molar-refractivity contribution in [3.05, 3.63) is 12.7 Å². The monoisotopic (exact) mass is 290 g/mol. The first-order valence-corrected chi connectivity index (χ1v) is 6.31. The lowest BCUT2D eigenvalue weighted by molar-refractivity contribution is -0.0469. The number of hydrogen-bond acceptors (Lipinski definition) is 8. The molecule has 0 amide bonds. The maximum atomic E-state index is 10.2. The van der Waals surface area contributed by atoms with E-state index in [1.54, 1.807) is 6.92 Å². The van der Waals surface area contributed by atoms with E-state index in [1.165, 1.54) is 17.2 Å². The van der Waals surface area contributed by atoms with Crippen LogP contribution in [0.25, 0.3) is 11.2 Å². The number of rotatable bonds is 2. The minimum Gasteiger partial charge on any atom is -0.394 e. The van der Waals surface area contributed by atoms with Gasteiger partial charge in [-0.2, -0.15) is 5.26 Å². The fraction of sp³-hybridized carbons (Fsp3) is 0.500. The summed E-state index contributed by atoms with van der Waals surface area (Å²) in [5, 5.41) is 28.9. The van der Waals surface area contributed by atoms with Crippen LogP contribution in [0.3, 0.4) is 0 Å². The van der Waals surface area contributed by atoms with Crippen molar-refractivity contribution in [3.8, 4) is 6.07 Å². The summed E-state index contributed by atoms with van der Waals surface area (Å²) in [5.41, 5.74) is 5.27. The van der Waals surface area contributed by atoms with Crippen LogP contribution in [0.5, 0.6) is 0 Å². The second kappa shape index (κ2) is 4.63. The van der Waals surface area contributed by atoms with Crippen LogP contribution in [0.15, 0.2) is 12.7 Å². The summed E-state index contributed by atoms with van der Waals surface area (Å²) >= 11 is 0. The number of anilines is 1. The lowest BCUT2D eigenvalue weighted by Crippen LogP contribution is -2.37. The third-order valence-corrected chi connectivity index (χ3v) is 3.84. The quantitative estimate of drug-likeness (QED) is 0.651.